The van der Waals surface area contributed by atoms with Crippen LogP contribution < -0.4 is 16.0 Å². The van der Waals surface area contributed by atoms with Gasteiger partial charge in [0.1, 0.15) is 17.0 Å². The summed E-state index contributed by atoms with van der Waals surface area (Å²) in [5.74, 6) is 1.61. The van der Waals surface area contributed by atoms with Crippen LogP contribution >= 0.6 is 0 Å². The number of fused-ring (bicyclic) bond motifs is 1. The Bertz CT molecular complexity index is 1450. The molecule has 2 aromatic heterocycles. The van der Waals surface area contributed by atoms with Gasteiger partial charge in [-0.15, -0.1) is 0 Å². The van der Waals surface area contributed by atoms with E-state index in [0.29, 0.717) is 29.7 Å². The van der Waals surface area contributed by atoms with E-state index >= 15 is 0 Å². The molecule has 1 aliphatic rings. The van der Waals surface area contributed by atoms with Crippen molar-refractivity contribution in [3.8, 4) is 22.6 Å². The number of anilines is 1. The normalized spacial score (nSPS) is 15.8. The van der Waals surface area contributed by atoms with Crippen molar-refractivity contribution in [3.63, 3.8) is 0 Å². The predicted octanol–water partition coefficient (Wildman–Crippen LogP) is 4.42. The zero-order valence-corrected chi connectivity index (χ0v) is 19.5. The van der Waals surface area contributed by atoms with Crippen molar-refractivity contribution in [2.24, 2.45) is 0 Å². The molecule has 1 fully saturated rings. The van der Waals surface area contributed by atoms with E-state index in [2.05, 4.69) is 16.8 Å². The Labute approximate surface area is 202 Å². The highest BCUT2D eigenvalue weighted by Crippen LogP contribution is 2.36. The first-order valence-electron chi connectivity index (χ1n) is 11.6. The molecule has 4 aromatic rings. The largest absolute Gasteiger partial charge is 0.457 e. The lowest BCUT2D eigenvalue weighted by Crippen LogP contribution is -2.40. The molecule has 8 heteroatoms. The molecule has 1 atom stereocenters. The molecule has 35 heavy (non-hydrogen) atoms. The number of carbonyl (C=O) groups is 1. The number of amides is 1. The average Bonchev–Trinajstić information content (AvgIpc) is 3.30. The summed E-state index contributed by atoms with van der Waals surface area (Å²) in [5.41, 5.74) is 9.27. The number of ether oxygens (including phenoxy) is 1. The Morgan fingerprint density at radius 3 is 2.54 bits per heavy atom. The van der Waals surface area contributed by atoms with Crippen LogP contribution in [0.3, 0.4) is 0 Å². The minimum atomic E-state index is -0.313. The van der Waals surface area contributed by atoms with Gasteiger partial charge in [0, 0.05) is 24.8 Å². The smallest absolute Gasteiger partial charge is 0.288 e. The summed E-state index contributed by atoms with van der Waals surface area (Å²) >= 11 is 0. The molecule has 5 rings (SSSR count). The third-order valence-corrected chi connectivity index (χ3v) is 6.48. The fourth-order valence-electron chi connectivity index (χ4n) is 4.70. The van der Waals surface area contributed by atoms with Crippen molar-refractivity contribution in [3.05, 3.63) is 83.3 Å². The first kappa shape index (κ1) is 22.5. The third-order valence-electron chi connectivity index (χ3n) is 6.48. The number of nitrogens with zero attached hydrogens (tertiary/aromatic N) is 3. The molecule has 0 saturated carbocycles. The van der Waals surface area contributed by atoms with Gasteiger partial charge in [-0.05, 0) is 55.7 Å². The maximum absolute atomic E-state index is 12.9. The zero-order valence-electron chi connectivity index (χ0n) is 19.5. The van der Waals surface area contributed by atoms with E-state index < -0.39 is 0 Å². The predicted molar refractivity (Wildman–Crippen MR) is 137 cm³/mol. The van der Waals surface area contributed by atoms with Crippen molar-refractivity contribution in [2.45, 2.75) is 25.8 Å². The molecule has 3 N–H and O–H groups in total. The van der Waals surface area contributed by atoms with Gasteiger partial charge in [-0.1, -0.05) is 36.4 Å². The van der Waals surface area contributed by atoms with Gasteiger partial charge in [0.05, 0.1) is 11.4 Å². The zero-order chi connectivity index (χ0) is 24.5. The molecule has 0 bridgehead atoms. The van der Waals surface area contributed by atoms with E-state index in [0.717, 1.165) is 29.7 Å². The van der Waals surface area contributed by atoms with Gasteiger partial charge >= 0.3 is 0 Å². The summed E-state index contributed by atoms with van der Waals surface area (Å²) in [4.78, 5) is 26.9. The van der Waals surface area contributed by atoms with Gasteiger partial charge in [0.25, 0.3) is 5.56 Å². The number of hydrogen-bond acceptors (Lipinski definition) is 5. The van der Waals surface area contributed by atoms with Crippen LogP contribution in [-0.2, 0) is 4.79 Å². The second-order valence-electron chi connectivity index (χ2n) is 8.84. The number of aryl methyl sites for hydroxylation is 1. The number of aromatic amines is 1. The number of carbonyl (C=O) groups excluding carboxylic acids is 1. The van der Waals surface area contributed by atoms with Gasteiger partial charge in [-0.3, -0.25) is 9.59 Å². The van der Waals surface area contributed by atoms with E-state index in [1.165, 1.54) is 11.6 Å². The van der Waals surface area contributed by atoms with Crippen molar-refractivity contribution < 1.29 is 9.53 Å². The standard InChI is InChI=1S/C27H27N5O3/c1-3-23(33)31-14-4-5-19(15-31)32-16-22(24-25(32)27(34)30-29-26(24)28)18-8-12-21(13-9-18)35-20-10-6-17(2)7-11-20/h3,6-13,16,19H,1,4-5,14-15H2,2H3,(H2,28,29)(H,30,34). The first-order chi connectivity index (χ1) is 16.9. The SMILES string of the molecule is C=CC(=O)N1CCCC(n2cc(-c3ccc(Oc4ccc(C)cc4)cc3)c3c(N)n[nH]c(=O)c32)C1. The van der Waals surface area contributed by atoms with Crippen molar-refractivity contribution in [1.29, 1.82) is 0 Å². The Balaban J connectivity index is 1.53. The quantitative estimate of drug-likeness (QED) is 0.421. The number of H-pyrrole nitrogens is 1. The summed E-state index contributed by atoms with van der Waals surface area (Å²) in [6, 6.07) is 15.5. The van der Waals surface area contributed by atoms with Crippen LogP contribution in [-0.4, -0.2) is 38.7 Å². The Hall–Kier alpha value is -4.33. The van der Waals surface area contributed by atoms with Crippen LogP contribution in [0.15, 0.2) is 72.2 Å². The number of nitrogen functional groups attached to an aromatic ring is 1. The number of nitrogens with two attached hydrogens (primary N) is 1. The highest BCUT2D eigenvalue weighted by atomic mass is 16.5. The second kappa shape index (κ2) is 9.13. The van der Waals surface area contributed by atoms with Crippen molar-refractivity contribution in [1.82, 2.24) is 19.7 Å². The molecule has 0 aliphatic carbocycles. The van der Waals surface area contributed by atoms with Crippen LogP contribution in [0, 0.1) is 6.92 Å². The molecule has 1 saturated heterocycles. The van der Waals surface area contributed by atoms with E-state index in [-0.39, 0.29) is 23.3 Å². The highest BCUT2D eigenvalue weighted by Gasteiger charge is 2.27. The lowest BCUT2D eigenvalue weighted by Gasteiger charge is -2.33. The molecular weight excluding hydrogens is 442 g/mol. The van der Waals surface area contributed by atoms with Crippen LogP contribution in [0.25, 0.3) is 22.0 Å². The Morgan fingerprint density at radius 1 is 1.17 bits per heavy atom. The molecule has 178 valence electrons. The fourth-order valence-corrected chi connectivity index (χ4v) is 4.70. The van der Waals surface area contributed by atoms with E-state index in [4.69, 9.17) is 10.5 Å². The highest BCUT2D eigenvalue weighted by molar-refractivity contribution is 6.02. The lowest BCUT2D eigenvalue weighted by atomic mass is 10.1. The number of hydrogen-bond donors (Lipinski definition) is 2. The van der Waals surface area contributed by atoms with E-state index in [1.54, 1.807) is 4.90 Å². The Kier molecular flexibility index (Phi) is 5.86. The van der Waals surface area contributed by atoms with E-state index in [1.807, 2.05) is 66.2 Å². The maximum Gasteiger partial charge on any atom is 0.288 e. The van der Waals surface area contributed by atoms with Crippen molar-refractivity contribution >= 4 is 22.6 Å². The average molecular weight is 470 g/mol. The number of benzene rings is 2. The second-order valence-corrected chi connectivity index (χ2v) is 8.84. The number of aromatic nitrogens is 3. The molecule has 1 unspecified atom stereocenters. The molecule has 8 nitrogen and oxygen atoms in total. The summed E-state index contributed by atoms with van der Waals surface area (Å²) in [7, 11) is 0. The summed E-state index contributed by atoms with van der Waals surface area (Å²) in [5, 5.41) is 7.12. The fraction of sp³-hybridized carbons (Fsp3) is 0.222. The van der Waals surface area contributed by atoms with Crippen molar-refractivity contribution in [2.75, 3.05) is 18.8 Å². The third kappa shape index (κ3) is 4.30. The molecule has 1 aliphatic heterocycles. The molecule has 1 amide bonds. The monoisotopic (exact) mass is 469 g/mol. The van der Waals surface area contributed by atoms with Gasteiger partial charge in [0.2, 0.25) is 5.91 Å². The minimum Gasteiger partial charge on any atom is -0.457 e. The van der Waals surface area contributed by atoms with Gasteiger partial charge < -0.3 is 19.9 Å². The summed E-state index contributed by atoms with van der Waals surface area (Å²) in [6.45, 7) is 6.81. The Morgan fingerprint density at radius 2 is 1.86 bits per heavy atom. The number of rotatable bonds is 5. The number of piperidine rings is 1. The molecule has 0 radical (unpaired) electrons. The van der Waals surface area contributed by atoms with Gasteiger partial charge in [-0.25, -0.2) is 5.10 Å². The minimum absolute atomic E-state index is 0.0593. The van der Waals surface area contributed by atoms with Crippen LogP contribution in [0.2, 0.25) is 0 Å². The molecule has 2 aromatic carbocycles. The molecule has 0 spiro atoms. The molecular formula is C27H27N5O3. The maximum atomic E-state index is 12.9. The first-order valence-corrected chi connectivity index (χ1v) is 11.6. The van der Waals surface area contributed by atoms with Crippen LogP contribution in [0.1, 0.15) is 24.4 Å². The number of likely N-dealkylation sites (tertiary alicyclic amines) is 1. The topological polar surface area (TPSA) is 106 Å². The van der Waals surface area contributed by atoms with E-state index in [9.17, 15) is 9.59 Å². The number of nitrogens with one attached hydrogen (secondary N) is 1. The summed E-state index contributed by atoms with van der Waals surface area (Å²) in [6.07, 6.45) is 4.95. The van der Waals surface area contributed by atoms with Gasteiger partial charge in [0.15, 0.2) is 5.82 Å². The van der Waals surface area contributed by atoms with Crippen LogP contribution in [0.5, 0.6) is 11.5 Å². The summed E-state index contributed by atoms with van der Waals surface area (Å²) < 4.78 is 7.90. The molecule has 3 heterocycles. The lowest BCUT2D eigenvalue weighted by molar-refractivity contribution is -0.127. The van der Waals surface area contributed by atoms with Gasteiger partial charge in [-0.2, -0.15) is 5.10 Å². The van der Waals surface area contributed by atoms with Crippen LogP contribution in [0.4, 0.5) is 5.82 Å².